The summed E-state index contributed by atoms with van der Waals surface area (Å²) < 4.78 is 0. The molecule has 8 heteroatoms. The molecule has 1 N–H and O–H groups in total. The minimum atomic E-state index is -0.502. The molecule has 0 aromatic heterocycles. The van der Waals surface area contributed by atoms with Crippen LogP contribution in [0.2, 0.25) is 5.02 Å². The van der Waals surface area contributed by atoms with Crippen LogP contribution in [0.25, 0.3) is 0 Å². The Labute approximate surface area is 143 Å². The van der Waals surface area contributed by atoms with Gasteiger partial charge in [-0.3, -0.25) is 14.9 Å². The molecular formula is C16H14ClN3O4. The van der Waals surface area contributed by atoms with Gasteiger partial charge in [-0.1, -0.05) is 35.0 Å². The van der Waals surface area contributed by atoms with Crippen molar-refractivity contribution in [3.8, 4) is 0 Å². The van der Waals surface area contributed by atoms with Crippen LogP contribution in [-0.4, -0.2) is 23.7 Å². The van der Waals surface area contributed by atoms with E-state index in [1.54, 1.807) is 24.3 Å². The van der Waals surface area contributed by atoms with E-state index in [1.165, 1.54) is 24.4 Å². The van der Waals surface area contributed by atoms with Crippen molar-refractivity contribution in [3.63, 3.8) is 0 Å². The zero-order chi connectivity index (χ0) is 17.5. The number of aryl methyl sites for hydroxylation is 1. The van der Waals surface area contributed by atoms with Gasteiger partial charge in [0.1, 0.15) is 0 Å². The number of rotatable bonds is 6. The van der Waals surface area contributed by atoms with Crippen LogP contribution in [0.5, 0.6) is 0 Å². The second-order valence-corrected chi connectivity index (χ2v) is 5.28. The van der Waals surface area contributed by atoms with Gasteiger partial charge in [0, 0.05) is 28.4 Å². The second kappa shape index (κ2) is 8.07. The minimum Gasteiger partial charge on any atom is -0.386 e. The summed E-state index contributed by atoms with van der Waals surface area (Å²) in [6.07, 6.45) is 1.29. The molecule has 0 fully saturated rings. The number of nitro benzene ring substituents is 1. The maximum atomic E-state index is 11.7. The molecule has 2 aromatic carbocycles. The van der Waals surface area contributed by atoms with E-state index >= 15 is 0 Å². The standard InChI is InChI=1S/C16H14ClN3O4/c1-11-5-6-13(8-15(11)17)19-16(21)10-24-18-9-12-3-2-4-14(7-12)20(22)23/h2-9H,10H2,1H3,(H,19,21)/b18-9-. The highest BCUT2D eigenvalue weighted by molar-refractivity contribution is 6.31. The molecule has 24 heavy (non-hydrogen) atoms. The fraction of sp³-hybridized carbons (Fsp3) is 0.125. The number of anilines is 1. The monoisotopic (exact) mass is 347 g/mol. The van der Waals surface area contributed by atoms with Crippen molar-refractivity contribution in [3.05, 3.63) is 68.7 Å². The van der Waals surface area contributed by atoms with Crippen LogP contribution in [0.15, 0.2) is 47.6 Å². The summed E-state index contributed by atoms with van der Waals surface area (Å²) in [6, 6.07) is 11.0. The lowest BCUT2D eigenvalue weighted by molar-refractivity contribution is -0.384. The van der Waals surface area contributed by atoms with E-state index in [1.807, 2.05) is 6.92 Å². The number of nitrogens with zero attached hydrogens (tertiary/aromatic N) is 2. The van der Waals surface area contributed by atoms with Gasteiger partial charge < -0.3 is 10.2 Å². The quantitative estimate of drug-likeness (QED) is 0.491. The number of oxime groups is 1. The molecule has 0 radical (unpaired) electrons. The summed E-state index contributed by atoms with van der Waals surface area (Å²) in [5.74, 6) is -0.397. The summed E-state index contributed by atoms with van der Waals surface area (Å²) in [5.41, 5.74) is 1.91. The molecule has 2 rings (SSSR count). The molecule has 0 unspecified atom stereocenters. The first kappa shape index (κ1) is 17.4. The van der Waals surface area contributed by atoms with Crippen LogP contribution in [-0.2, 0) is 9.63 Å². The van der Waals surface area contributed by atoms with Crippen LogP contribution in [0.3, 0.4) is 0 Å². The number of benzene rings is 2. The molecule has 0 bridgehead atoms. The smallest absolute Gasteiger partial charge is 0.270 e. The van der Waals surface area contributed by atoms with Gasteiger partial charge in [-0.2, -0.15) is 0 Å². The van der Waals surface area contributed by atoms with Crippen LogP contribution < -0.4 is 5.32 Å². The zero-order valence-electron chi connectivity index (χ0n) is 12.7. The fourth-order valence-electron chi connectivity index (χ4n) is 1.78. The molecule has 0 aliphatic rings. The van der Waals surface area contributed by atoms with Gasteiger partial charge in [0.05, 0.1) is 11.1 Å². The van der Waals surface area contributed by atoms with E-state index in [9.17, 15) is 14.9 Å². The fourth-order valence-corrected chi connectivity index (χ4v) is 1.96. The van der Waals surface area contributed by atoms with Gasteiger partial charge in [0.25, 0.3) is 11.6 Å². The van der Waals surface area contributed by atoms with Gasteiger partial charge in [-0.25, -0.2) is 0 Å². The Kier molecular flexibility index (Phi) is 5.86. The molecule has 124 valence electrons. The molecule has 0 saturated heterocycles. The third kappa shape index (κ3) is 5.06. The molecule has 7 nitrogen and oxygen atoms in total. The Hall–Kier alpha value is -2.93. The van der Waals surface area contributed by atoms with Crippen LogP contribution in [0, 0.1) is 17.0 Å². The van der Waals surface area contributed by atoms with Crippen molar-refractivity contribution >= 4 is 35.1 Å². The molecule has 0 aliphatic heterocycles. The third-order valence-corrected chi connectivity index (χ3v) is 3.42. The molecular weight excluding hydrogens is 334 g/mol. The average Bonchev–Trinajstić information content (AvgIpc) is 2.55. The third-order valence-electron chi connectivity index (χ3n) is 3.01. The van der Waals surface area contributed by atoms with Crippen molar-refractivity contribution in [2.45, 2.75) is 6.92 Å². The number of carbonyl (C=O) groups excluding carboxylic acids is 1. The predicted octanol–water partition coefficient (Wildman–Crippen LogP) is 3.55. The molecule has 0 heterocycles. The highest BCUT2D eigenvalue weighted by Crippen LogP contribution is 2.19. The van der Waals surface area contributed by atoms with E-state index in [0.717, 1.165) is 5.56 Å². The van der Waals surface area contributed by atoms with Crippen molar-refractivity contribution in [2.75, 3.05) is 11.9 Å². The molecule has 0 saturated carbocycles. The lowest BCUT2D eigenvalue weighted by Crippen LogP contribution is -2.17. The number of amides is 1. The van der Waals surface area contributed by atoms with Crippen molar-refractivity contribution < 1.29 is 14.6 Å². The van der Waals surface area contributed by atoms with Crippen LogP contribution in [0.4, 0.5) is 11.4 Å². The number of nitro groups is 1. The number of hydrogen-bond donors (Lipinski definition) is 1. The SMILES string of the molecule is Cc1ccc(NC(=O)CO/N=C\c2cccc([N+](=O)[O-])c2)cc1Cl. The summed E-state index contributed by atoms with van der Waals surface area (Å²) in [5, 5.41) is 17.5. The number of non-ortho nitro benzene ring substituents is 1. The number of nitrogens with one attached hydrogen (secondary N) is 1. The van der Waals surface area contributed by atoms with Crippen LogP contribution in [0.1, 0.15) is 11.1 Å². The number of carbonyl (C=O) groups is 1. The highest BCUT2D eigenvalue weighted by Gasteiger charge is 2.05. The topological polar surface area (TPSA) is 93.8 Å². The molecule has 2 aromatic rings. The van der Waals surface area contributed by atoms with Crippen molar-refractivity contribution in [1.82, 2.24) is 0 Å². The molecule has 0 atom stereocenters. The van der Waals surface area contributed by atoms with Gasteiger partial charge in [-0.15, -0.1) is 0 Å². The van der Waals surface area contributed by atoms with Gasteiger partial charge in [0.15, 0.2) is 6.61 Å². The van der Waals surface area contributed by atoms with E-state index in [4.69, 9.17) is 16.4 Å². The molecule has 0 aliphatic carbocycles. The van der Waals surface area contributed by atoms with Crippen molar-refractivity contribution in [1.29, 1.82) is 0 Å². The maximum absolute atomic E-state index is 11.7. The van der Waals surface area contributed by atoms with Gasteiger partial charge >= 0.3 is 0 Å². The van der Waals surface area contributed by atoms with Gasteiger partial charge in [-0.05, 0) is 24.6 Å². The Balaban J connectivity index is 1.84. The molecule has 1 amide bonds. The maximum Gasteiger partial charge on any atom is 0.270 e. The van der Waals surface area contributed by atoms with E-state index in [0.29, 0.717) is 16.3 Å². The Morgan fingerprint density at radius 2 is 2.17 bits per heavy atom. The lowest BCUT2D eigenvalue weighted by Gasteiger charge is -2.06. The summed E-state index contributed by atoms with van der Waals surface area (Å²) in [4.78, 5) is 26.8. The Bertz CT molecular complexity index is 793. The van der Waals surface area contributed by atoms with Crippen molar-refractivity contribution in [2.24, 2.45) is 5.16 Å². The minimum absolute atomic E-state index is 0.0482. The molecule has 0 spiro atoms. The first-order valence-electron chi connectivity index (χ1n) is 6.91. The van der Waals surface area contributed by atoms with E-state index in [2.05, 4.69) is 10.5 Å². The van der Waals surface area contributed by atoms with Gasteiger partial charge in [0.2, 0.25) is 0 Å². The largest absolute Gasteiger partial charge is 0.386 e. The number of halogens is 1. The Morgan fingerprint density at radius 1 is 1.38 bits per heavy atom. The number of hydrogen-bond acceptors (Lipinski definition) is 5. The van der Waals surface area contributed by atoms with E-state index in [-0.39, 0.29) is 12.3 Å². The average molecular weight is 348 g/mol. The summed E-state index contributed by atoms with van der Waals surface area (Å²) in [7, 11) is 0. The first-order chi connectivity index (χ1) is 11.5. The lowest BCUT2D eigenvalue weighted by atomic mass is 10.2. The predicted molar refractivity (Wildman–Crippen MR) is 91.5 cm³/mol. The van der Waals surface area contributed by atoms with E-state index < -0.39 is 10.8 Å². The van der Waals surface area contributed by atoms with Crippen LogP contribution >= 0.6 is 11.6 Å². The Morgan fingerprint density at radius 3 is 2.88 bits per heavy atom. The summed E-state index contributed by atoms with van der Waals surface area (Å²) >= 11 is 5.97. The highest BCUT2D eigenvalue weighted by atomic mass is 35.5. The zero-order valence-corrected chi connectivity index (χ0v) is 13.5. The normalized spacial score (nSPS) is 10.6. The second-order valence-electron chi connectivity index (χ2n) is 4.87. The first-order valence-corrected chi connectivity index (χ1v) is 7.29. The summed E-state index contributed by atoms with van der Waals surface area (Å²) in [6.45, 7) is 1.57.